The van der Waals surface area contributed by atoms with E-state index in [0.29, 0.717) is 6.42 Å². The number of ether oxygens (including phenoxy) is 1. The van der Waals surface area contributed by atoms with Crippen LogP contribution in [0.1, 0.15) is 25.0 Å². The molecule has 1 rings (SSSR count). The molecular weight excluding hydrogens is 188 g/mol. The lowest BCUT2D eigenvalue weighted by Gasteiger charge is -2.29. The van der Waals surface area contributed by atoms with Gasteiger partial charge in [-0.1, -0.05) is 29.8 Å². The molecule has 2 nitrogen and oxygen atoms in total. The smallest absolute Gasteiger partial charge is 0.0917 e. The molecule has 0 saturated carbocycles. The van der Waals surface area contributed by atoms with Crippen molar-refractivity contribution >= 4 is 0 Å². The fraction of sp³-hybridized carbons (Fsp3) is 0.538. The highest BCUT2D eigenvalue weighted by molar-refractivity contribution is 5.22. The quantitative estimate of drug-likeness (QED) is 0.823. The monoisotopic (exact) mass is 208 g/mol. The summed E-state index contributed by atoms with van der Waals surface area (Å²) in [5, 5.41) is 10.2. The van der Waals surface area contributed by atoms with Crippen molar-refractivity contribution in [3.8, 4) is 0 Å². The lowest BCUT2D eigenvalue weighted by molar-refractivity contribution is -0.0715. The molecule has 0 spiro atoms. The van der Waals surface area contributed by atoms with Crippen molar-refractivity contribution in [3.63, 3.8) is 0 Å². The van der Waals surface area contributed by atoms with Crippen LogP contribution >= 0.6 is 0 Å². The highest BCUT2D eigenvalue weighted by Gasteiger charge is 2.28. The van der Waals surface area contributed by atoms with Gasteiger partial charge in [-0.3, -0.25) is 0 Å². The Kier molecular flexibility index (Phi) is 3.89. The zero-order valence-electron chi connectivity index (χ0n) is 9.95. The average Bonchev–Trinajstić information content (AvgIpc) is 2.20. The van der Waals surface area contributed by atoms with Crippen molar-refractivity contribution in [2.75, 3.05) is 7.11 Å². The molecule has 0 amide bonds. The van der Waals surface area contributed by atoms with Crippen LogP contribution in [0.25, 0.3) is 0 Å². The third kappa shape index (κ3) is 3.33. The number of aryl methyl sites for hydroxylation is 1. The van der Waals surface area contributed by atoms with Crippen molar-refractivity contribution in [1.82, 2.24) is 0 Å². The molecule has 2 atom stereocenters. The standard InChI is InChI=1S/C13H20O2/c1-10-5-7-12(8-6-10)9-13(3,14)11(2)15-4/h5-8,11,14H,9H2,1-4H3. The summed E-state index contributed by atoms with van der Waals surface area (Å²) in [4.78, 5) is 0. The van der Waals surface area contributed by atoms with E-state index in [4.69, 9.17) is 4.74 Å². The maximum Gasteiger partial charge on any atom is 0.0917 e. The van der Waals surface area contributed by atoms with Crippen molar-refractivity contribution in [1.29, 1.82) is 0 Å². The van der Waals surface area contributed by atoms with Gasteiger partial charge in [0.15, 0.2) is 0 Å². The summed E-state index contributed by atoms with van der Waals surface area (Å²) in [6, 6.07) is 8.21. The third-order valence-corrected chi connectivity index (χ3v) is 2.91. The number of benzene rings is 1. The molecule has 0 radical (unpaired) electrons. The first-order valence-electron chi connectivity index (χ1n) is 5.26. The fourth-order valence-electron chi connectivity index (χ4n) is 1.52. The minimum atomic E-state index is -0.815. The molecule has 0 aromatic heterocycles. The Labute approximate surface area is 91.9 Å². The molecular formula is C13H20O2. The molecule has 0 heterocycles. The van der Waals surface area contributed by atoms with E-state index in [2.05, 4.69) is 19.1 Å². The number of methoxy groups -OCH3 is 1. The summed E-state index contributed by atoms with van der Waals surface area (Å²) >= 11 is 0. The molecule has 84 valence electrons. The first kappa shape index (κ1) is 12.2. The molecule has 0 bridgehead atoms. The second-order valence-electron chi connectivity index (χ2n) is 4.40. The van der Waals surface area contributed by atoms with Gasteiger partial charge in [0.2, 0.25) is 0 Å². The molecule has 0 aliphatic heterocycles. The van der Waals surface area contributed by atoms with Gasteiger partial charge in [-0.2, -0.15) is 0 Å². The Bertz CT molecular complexity index is 301. The number of rotatable bonds is 4. The van der Waals surface area contributed by atoms with Crippen LogP contribution in [0, 0.1) is 6.92 Å². The van der Waals surface area contributed by atoms with E-state index in [0.717, 1.165) is 5.56 Å². The van der Waals surface area contributed by atoms with Crippen LogP contribution in [0.4, 0.5) is 0 Å². The van der Waals surface area contributed by atoms with E-state index in [1.807, 2.05) is 19.1 Å². The second kappa shape index (κ2) is 4.77. The molecule has 1 N–H and O–H groups in total. The molecule has 1 aromatic rings. The Balaban J connectivity index is 2.72. The van der Waals surface area contributed by atoms with Crippen LogP contribution in [-0.4, -0.2) is 23.9 Å². The van der Waals surface area contributed by atoms with Crippen molar-refractivity contribution in [2.45, 2.75) is 38.9 Å². The van der Waals surface area contributed by atoms with E-state index in [1.165, 1.54) is 5.56 Å². The predicted molar refractivity (Wildman–Crippen MR) is 62.0 cm³/mol. The SMILES string of the molecule is COC(C)C(C)(O)Cc1ccc(C)cc1. The molecule has 0 aliphatic carbocycles. The zero-order chi connectivity index (χ0) is 11.5. The zero-order valence-corrected chi connectivity index (χ0v) is 9.95. The summed E-state index contributed by atoms with van der Waals surface area (Å²) in [5.74, 6) is 0. The summed E-state index contributed by atoms with van der Waals surface area (Å²) in [6.45, 7) is 5.74. The number of aliphatic hydroxyl groups is 1. The lowest BCUT2D eigenvalue weighted by Crippen LogP contribution is -2.40. The number of hydrogen-bond donors (Lipinski definition) is 1. The van der Waals surface area contributed by atoms with E-state index in [1.54, 1.807) is 14.0 Å². The van der Waals surface area contributed by atoms with Crippen LogP contribution in [-0.2, 0) is 11.2 Å². The summed E-state index contributed by atoms with van der Waals surface area (Å²) < 4.78 is 5.16. The highest BCUT2D eigenvalue weighted by atomic mass is 16.5. The molecule has 0 aliphatic rings. The molecule has 0 saturated heterocycles. The molecule has 2 heteroatoms. The fourth-order valence-corrected chi connectivity index (χ4v) is 1.52. The van der Waals surface area contributed by atoms with Crippen LogP contribution in [0.5, 0.6) is 0 Å². The van der Waals surface area contributed by atoms with Gasteiger partial charge in [-0.25, -0.2) is 0 Å². The topological polar surface area (TPSA) is 29.5 Å². The maximum atomic E-state index is 10.2. The van der Waals surface area contributed by atoms with Crippen molar-refractivity contribution < 1.29 is 9.84 Å². The van der Waals surface area contributed by atoms with Crippen LogP contribution in [0.3, 0.4) is 0 Å². The van der Waals surface area contributed by atoms with Crippen LogP contribution < -0.4 is 0 Å². The molecule has 1 aromatic carbocycles. The van der Waals surface area contributed by atoms with Gasteiger partial charge in [-0.05, 0) is 26.3 Å². The largest absolute Gasteiger partial charge is 0.387 e. The Morgan fingerprint density at radius 3 is 2.33 bits per heavy atom. The van der Waals surface area contributed by atoms with Gasteiger partial charge >= 0.3 is 0 Å². The van der Waals surface area contributed by atoms with Gasteiger partial charge in [0.25, 0.3) is 0 Å². The van der Waals surface area contributed by atoms with E-state index < -0.39 is 5.60 Å². The first-order chi connectivity index (χ1) is 6.95. The lowest BCUT2D eigenvalue weighted by atomic mass is 9.91. The van der Waals surface area contributed by atoms with Gasteiger partial charge in [0.1, 0.15) is 0 Å². The minimum absolute atomic E-state index is 0.168. The van der Waals surface area contributed by atoms with E-state index in [-0.39, 0.29) is 6.10 Å². The van der Waals surface area contributed by atoms with E-state index in [9.17, 15) is 5.11 Å². The van der Waals surface area contributed by atoms with Crippen molar-refractivity contribution in [2.24, 2.45) is 0 Å². The Morgan fingerprint density at radius 2 is 1.87 bits per heavy atom. The van der Waals surface area contributed by atoms with Gasteiger partial charge in [0.05, 0.1) is 11.7 Å². The number of hydrogen-bond acceptors (Lipinski definition) is 2. The molecule has 15 heavy (non-hydrogen) atoms. The highest BCUT2D eigenvalue weighted by Crippen LogP contribution is 2.19. The van der Waals surface area contributed by atoms with Crippen molar-refractivity contribution in [3.05, 3.63) is 35.4 Å². The molecule has 2 unspecified atom stereocenters. The van der Waals surface area contributed by atoms with E-state index >= 15 is 0 Å². The first-order valence-corrected chi connectivity index (χ1v) is 5.26. The van der Waals surface area contributed by atoms with Crippen LogP contribution in [0.2, 0.25) is 0 Å². The molecule has 0 fully saturated rings. The van der Waals surface area contributed by atoms with Crippen LogP contribution in [0.15, 0.2) is 24.3 Å². The average molecular weight is 208 g/mol. The van der Waals surface area contributed by atoms with Gasteiger partial charge in [0, 0.05) is 13.5 Å². The Morgan fingerprint density at radius 1 is 1.33 bits per heavy atom. The minimum Gasteiger partial charge on any atom is -0.387 e. The second-order valence-corrected chi connectivity index (χ2v) is 4.40. The summed E-state index contributed by atoms with van der Waals surface area (Å²) in [5.41, 5.74) is 1.55. The third-order valence-electron chi connectivity index (χ3n) is 2.91. The van der Waals surface area contributed by atoms with Gasteiger partial charge in [-0.15, -0.1) is 0 Å². The normalized spacial score (nSPS) is 17.1. The Hall–Kier alpha value is -0.860. The predicted octanol–water partition coefficient (Wildman–Crippen LogP) is 2.32. The van der Waals surface area contributed by atoms with Gasteiger partial charge < -0.3 is 9.84 Å². The maximum absolute atomic E-state index is 10.2. The summed E-state index contributed by atoms with van der Waals surface area (Å²) in [6.07, 6.45) is 0.446. The summed E-state index contributed by atoms with van der Waals surface area (Å²) in [7, 11) is 1.62.